The maximum atomic E-state index is 14.2. The van der Waals surface area contributed by atoms with E-state index in [1.807, 2.05) is 6.07 Å². The molecule has 1 spiro atoms. The van der Waals surface area contributed by atoms with Crippen LogP contribution in [0.15, 0.2) is 53.8 Å². The molecule has 10 nitrogen and oxygen atoms in total. The number of nitrogens with zero attached hydrogens (tertiary/aromatic N) is 5. The molecule has 2 saturated heterocycles. The summed E-state index contributed by atoms with van der Waals surface area (Å²) in [7, 11) is -3.33. The third-order valence-electron chi connectivity index (χ3n) is 7.36. The summed E-state index contributed by atoms with van der Waals surface area (Å²) in [4.78, 5) is 19.0. The van der Waals surface area contributed by atoms with Gasteiger partial charge in [-0.15, -0.1) is 0 Å². The van der Waals surface area contributed by atoms with Gasteiger partial charge in [-0.3, -0.25) is 4.72 Å². The van der Waals surface area contributed by atoms with E-state index in [0.717, 1.165) is 63.0 Å². The summed E-state index contributed by atoms with van der Waals surface area (Å²) >= 11 is 0. The van der Waals surface area contributed by atoms with Crippen molar-refractivity contribution in [2.75, 3.05) is 42.9 Å². The van der Waals surface area contributed by atoms with Gasteiger partial charge in [0.25, 0.3) is 10.0 Å². The number of benzene rings is 1. The normalized spacial score (nSPS) is 16.7. The lowest BCUT2D eigenvalue weighted by molar-refractivity contribution is 0.126. The molecule has 202 valence electrons. The van der Waals surface area contributed by atoms with Gasteiger partial charge in [0.05, 0.1) is 18.3 Å². The maximum Gasteiger partial charge on any atom is 0.267 e. The summed E-state index contributed by atoms with van der Waals surface area (Å²) in [6, 6.07) is 7.83. The number of rotatable bonds is 6. The van der Waals surface area contributed by atoms with Crippen molar-refractivity contribution < 1.29 is 21.9 Å². The monoisotopic (exact) mass is 553 g/mol. The minimum Gasteiger partial charge on any atom is -0.480 e. The molecule has 0 aliphatic carbocycles. The van der Waals surface area contributed by atoms with Gasteiger partial charge < -0.3 is 15.0 Å². The van der Waals surface area contributed by atoms with Crippen LogP contribution in [0.25, 0.3) is 22.3 Å². The summed E-state index contributed by atoms with van der Waals surface area (Å²) in [6.45, 7) is 3.83. The Morgan fingerprint density at radius 2 is 1.79 bits per heavy atom. The summed E-state index contributed by atoms with van der Waals surface area (Å²) in [5.41, 5.74) is 2.51. The van der Waals surface area contributed by atoms with Crippen molar-refractivity contribution in [2.24, 2.45) is 5.41 Å². The lowest BCUT2D eigenvalue weighted by Gasteiger charge is -2.48. The zero-order valence-electron chi connectivity index (χ0n) is 21.0. The van der Waals surface area contributed by atoms with Crippen LogP contribution in [0.5, 0.6) is 5.88 Å². The van der Waals surface area contributed by atoms with Crippen LogP contribution in [0, 0.1) is 17.0 Å². The number of ether oxygens (including phenoxy) is 1. The van der Waals surface area contributed by atoms with Crippen molar-refractivity contribution in [3.05, 3.63) is 60.6 Å². The molecular weight excluding hydrogens is 528 g/mol. The molecule has 2 aliphatic heterocycles. The van der Waals surface area contributed by atoms with Crippen molar-refractivity contribution in [1.29, 1.82) is 0 Å². The molecule has 39 heavy (non-hydrogen) atoms. The third kappa shape index (κ3) is 4.61. The van der Waals surface area contributed by atoms with E-state index in [4.69, 9.17) is 9.72 Å². The van der Waals surface area contributed by atoms with E-state index in [2.05, 4.69) is 29.9 Å². The second kappa shape index (κ2) is 9.65. The number of hydrogen-bond donors (Lipinski definition) is 2. The molecule has 0 saturated carbocycles. The fourth-order valence-electron chi connectivity index (χ4n) is 5.11. The van der Waals surface area contributed by atoms with Crippen LogP contribution in [0.1, 0.15) is 12.8 Å². The smallest absolute Gasteiger partial charge is 0.267 e. The van der Waals surface area contributed by atoms with E-state index in [-0.39, 0.29) is 11.6 Å². The van der Waals surface area contributed by atoms with E-state index >= 15 is 0 Å². The van der Waals surface area contributed by atoms with Crippen molar-refractivity contribution in [1.82, 2.24) is 25.3 Å². The van der Waals surface area contributed by atoms with Gasteiger partial charge in [0.2, 0.25) is 5.88 Å². The quantitative estimate of drug-likeness (QED) is 0.370. The Morgan fingerprint density at radius 3 is 2.46 bits per heavy atom. The number of sulfonamides is 1. The Labute approximate surface area is 223 Å². The van der Waals surface area contributed by atoms with Crippen LogP contribution in [0.3, 0.4) is 0 Å². The second-order valence-electron chi connectivity index (χ2n) is 9.79. The first-order chi connectivity index (χ1) is 18.8. The van der Waals surface area contributed by atoms with Crippen molar-refractivity contribution in [2.45, 2.75) is 17.7 Å². The standard InChI is InChI=1S/C26H25F2N7O3S/c1-38-25-21(34-39(36,37)23-17(27)3-2-4-18(23)28)11-16(12-30-25)19-5-6-20-22(33-19)24(32-15-31-20)35-9-7-26(8-10-35)13-29-14-26/h2-6,11-12,15,29,34H,7-10,13-14H2,1H3. The number of hydrogen-bond acceptors (Lipinski definition) is 9. The molecule has 13 heteroatoms. The van der Waals surface area contributed by atoms with E-state index < -0.39 is 26.6 Å². The van der Waals surface area contributed by atoms with E-state index in [0.29, 0.717) is 27.7 Å². The number of anilines is 2. The molecule has 0 radical (unpaired) electrons. The van der Waals surface area contributed by atoms with Crippen molar-refractivity contribution in [3.8, 4) is 17.1 Å². The molecule has 5 heterocycles. The Morgan fingerprint density at radius 1 is 1.05 bits per heavy atom. The zero-order chi connectivity index (χ0) is 27.2. The molecule has 2 fully saturated rings. The van der Waals surface area contributed by atoms with Gasteiger partial charge in [-0.25, -0.2) is 37.1 Å². The lowest BCUT2D eigenvalue weighted by Crippen LogP contribution is -2.58. The number of pyridine rings is 2. The molecule has 0 bridgehead atoms. The summed E-state index contributed by atoms with van der Waals surface area (Å²) < 4.78 is 61.7. The molecule has 0 amide bonds. The number of fused-ring (bicyclic) bond motifs is 1. The lowest BCUT2D eigenvalue weighted by atomic mass is 9.73. The molecule has 2 aliphatic rings. The number of piperidine rings is 1. The number of nitrogens with one attached hydrogen (secondary N) is 2. The predicted molar refractivity (Wildman–Crippen MR) is 141 cm³/mol. The fourth-order valence-corrected chi connectivity index (χ4v) is 6.30. The molecule has 4 aromatic rings. The Kier molecular flexibility index (Phi) is 6.26. The molecule has 3 aromatic heterocycles. The largest absolute Gasteiger partial charge is 0.480 e. The summed E-state index contributed by atoms with van der Waals surface area (Å²) in [5.74, 6) is -1.77. The molecule has 1 aromatic carbocycles. The minimum absolute atomic E-state index is 0.0726. The van der Waals surface area contributed by atoms with Gasteiger partial charge in [-0.05, 0) is 48.6 Å². The van der Waals surface area contributed by atoms with Gasteiger partial charge in [0, 0.05) is 37.9 Å². The van der Waals surface area contributed by atoms with Crippen LogP contribution in [-0.4, -0.2) is 61.6 Å². The van der Waals surface area contributed by atoms with Crippen LogP contribution in [-0.2, 0) is 10.0 Å². The van der Waals surface area contributed by atoms with Crippen LogP contribution < -0.4 is 19.7 Å². The average molecular weight is 554 g/mol. The van der Waals surface area contributed by atoms with Gasteiger partial charge in [-0.1, -0.05) is 6.07 Å². The Bertz CT molecular complexity index is 1650. The first-order valence-corrected chi connectivity index (χ1v) is 13.9. The highest BCUT2D eigenvalue weighted by Gasteiger charge is 2.40. The molecule has 0 atom stereocenters. The average Bonchev–Trinajstić information content (AvgIpc) is 2.91. The van der Waals surface area contributed by atoms with Gasteiger partial charge in [0.15, 0.2) is 10.7 Å². The van der Waals surface area contributed by atoms with E-state index in [9.17, 15) is 17.2 Å². The fraction of sp³-hybridized carbons (Fsp3) is 0.308. The predicted octanol–water partition coefficient (Wildman–Crippen LogP) is 3.36. The summed E-state index contributed by atoms with van der Waals surface area (Å²) in [6.07, 6.45) is 5.14. The second-order valence-corrected chi connectivity index (χ2v) is 11.4. The SMILES string of the molecule is COc1ncc(-c2ccc3ncnc(N4CCC5(CC4)CNC5)c3n2)cc1NS(=O)(=O)c1c(F)cccc1F. The number of methoxy groups -OCH3 is 1. The molecule has 2 N–H and O–H groups in total. The molecular formula is C26H25F2N7O3S. The van der Waals surface area contributed by atoms with Crippen LogP contribution in [0.2, 0.25) is 0 Å². The highest BCUT2D eigenvalue weighted by atomic mass is 32.2. The number of aromatic nitrogens is 4. The van der Waals surface area contributed by atoms with Crippen LogP contribution in [0.4, 0.5) is 20.3 Å². The van der Waals surface area contributed by atoms with Crippen molar-refractivity contribution >= 4 is 32.6 Å². The topological polar surface area (TPSA) is 122 Å². The highest BCUT2D eigenvalue weighted by molar-refractivity contribution is 7.92. The first kappa shape index (κ1) is 25.3. The maximum absolute atomic E-state index is 14.2. The third-order valence-corrected chi connectivity index (χ3v) is 8.77. The van der Waals surface area contributed by atoms with Crippen LogP contribution >= 0.6 is 0 Å². The Balaban J connectivity index is 1.35. The van der Waals surface area contributed by atoms with Gasteiger partial charge in [-0.2, -0.15) is 0 Å². The van der Waals surface area contributed by atoms with E-state index in [1.165, 1.54) is 25.7 Å². The zero-order valence-corrected chi connectivity index (χ0v) is 21.8. The van der Waals surface area contributed by atoms with E-state index in [1.54, 1.807) is 6.07 Å². The number of halogens is 2. The summed E-state index contributed by atoms with van der Waals surface area (Å²) in [5, 5.41) is 3.37. The Hall–Kier alpha value is -3.97. The molecule has 0 unspecified atom stereocenters. The first-order valence-electron chi connectivity index (χ1n) is 12.4. The molecule has 6 rings (SSSR count). The van der Waals surface area contributed by atoms with Crippen molar-refractivity contribution in [3.63, 3.8) is 0 Å². The minimum atomic E-state index is -4.64. The highest BCUT2D eigenvalue weighted by Crippen LogP contribution is 2.37. The van der Waals surface area contributed by atoms with Gasteiger partial charge in [0.1, 0.15) is 29.2 Å². The van der Waals surface area contributed by atoms with Gasteiger partial charge >= 0.3 is 0 Å².